The summed E-state index contributed by atoms with van der Waals surface area (Å²) in [7, 11) is 0. The molecule has 24 heavy (non-hydrogen) atoms. The predicted octanol–water partition coefficient (Wildman–Crippen LogP) is 2.77. The maximum Gasteiger partial charge on any atom is 0.0999 e. The molecule has 0 amide bonds. The van der Waals surface area contributed by atoms with Crippen LogP contribution in [-0.4, -0.2) is 11.6 Å². The molecule has 0 saturated carbocycles. The van der Waals surface area contributed by atoms with Crippen molar-refractivity contribution >= 4 is 23.4 Å². The molecule has 1 aliphatic carbocycles. The average Bonchev–Trinajstić information content (AvgIpc) is 2.63. The Balaban J connectivity index is 1.69. The Hall–Kier alpha value is -2.54. The van der Waals surface area contributed by atoms with E-state index in [1.165, 1.54) is 0 Å². The van der Waals surface area contributed by atoms with E-state index in [0.29, 0.717) is 18.7 Å². The van der Waals surface area contributed by atoms with Crippen LogP contribution >= 0.6 is 11.6 Å². The molecule has 2 aromatic rings. The second-order valence-electron chi connectivity index (χ2n) is 5.87. The predicted molar refractivity (Wildman–Crippen MR) is 93.8 cm³/mol. The smallest absolute Gasteiger partial charge is 0.0999 e. The van der Waals surface area contributed by atoms with E-state index < -0.39 is 0 Å². The van der Waals surface area contributed by atoms with Crippen molar-refractivity contribution in [3.05, 3.63) is 81.7 Å². The second-order valence-corrected chi connectivity index (χ2v) is 6.31. The molecule has 4 heteroatoms. The molecule has 1 unspecified atom stereocenters. The van der Waals surface area contributed by atoms with Gasteiger partial charge in [0.15, 0.2) is 0 Å². The number of hydrogen-bond acceptors (Lipinski definition) is 3. The molecule has 2 aromatic carbocycles. The van der Waals surface area contributed by atoms with Crippen LogP contribution in [0.15, 0.2) is 60.2 Å². The summed E-state index contributed by atoms with van der Waals surface area (Å²) in [5.41, 5.74) is 3.78. The average molecular weight is 335 g/mol. The first kappa shape index (κ1) is 15.0. The monoisotopic (exact) mass is 334 g/mol. The van der Waals surface area contributed by atoms with Crippen LogP contribution in [0, 0.1) is 11.3 Å². The van der Waals surface area contributed by atoms with Crippen LogP contribution in [0.2, 0.25) is 0 Å². The summed E-state index contributed by atoms with van der Waals surface area (Å²) in [4.78, 5) is 5.93. The number of hydrogen-bond donors (Lipinski definition) is 0. The number of benzene rings is 2. The Kier molecular flexibility index (Phi) is 3.86. The zero-order valence-corrected chi connectivity index (χ0v) is 13.7. The highest BCUT2D eigenvalue weighted by Gasteiger charge is 2.24. The standard InChI is InChI=1S/C20H15ClN2O/c21-20-16(10-22)9-17-12-23(24-13-14-5-2-1-3-6-14)11-15-7-4-8-18(20)19(15)17/h1-9,11,20H,12-13H2. The van der Waals surface area contributed by atoms with E-state index in [2.05, 4.69) is 6.07 Å². The molecule has 0 N–H and O–H groups in total. The van der Waals surface area contributed by atoms with E-state index in [9.17, 15) is 5.26 Å². The Labute approximate surface area is 145 Å². The summed E-state index contributed by atoms with van der Waals surface area (Å²) in [5.74, 6) is 0. The maximum absolute atomic E-state index is 9.34. The van der Waals surface area contributed by atoms with Gasteiger partial charge in [0.05, 0.1) is 30.2 Å². The van der Waals surface area contributed by atoms with E-state index in [4.69, 9.17) is 16.4 Å². The molecule has 0 fully saturated rings. The lowest BCUT2D eigenvalue weighted by Crippen LogP contribution is -2.42. The molecule has 3 nitrogen and oxygen atoms in total. The van der Waals surface area contributed by atoms with Crippen LogP contribution in [0.25, 0.3) is 11.8 Å². The number of halogens is 1. The van der Waals surface area contributed by atoms with Crippen molar-refractivity contribution in [1.29, 1.82) is 5.26 Å². The highest BCUT2D eigenvalue weighted by atomic mass is 35.5. The molecule has 1 atom stereocenters. The third-order valence-corrected chi connectivity index (χ3v) is 4.77. The van der Waals surface area contributed by atoms with Crippen molar-refractivity contribution in [2.45, 2.75) is 12.0 Å². The summed E-state index contributed by atoms with van der Waals surface area (Å²) in [6, 6.07) is 18.3. The molecular weight excluding hydrogens is 320 g/mol. The molecule has 0 saturated heterocycles. The molecule has 1 aliphatic heterocycles. The molecule has 118 valence electrons. The Morgan fingerprint density at radius 2 is 2.00 bits per heavy atom. The van der Waals surface area contributed by atoms with Crippen molar-refractivity contribution < 1.29 is 4.84 Å². The third-order valence-electron chi connectivity index (χ3n) is 4.30. The molecule has 2 aliphatic rings. The van der Waals surface area contributed by atoms with Crippen molar-refractivity contribution in [2.24, 2.45) is 0 Å². The number of rotatable bonds is 3. The summed E-state index contributed by atoms with van der Waals surface area (Å²) in [6.45, 7) is 1.11. The van der Waals surface area contributed by atoms with Gasteiger partial charge in [-0.15, -0.1) is 11.6 Å². The highest BCUT2D eigenvalue weighted by molar-refractivity contribution is 6.23. The van der Waals surface area contributed by atoms with Crippen molar-refractivity contribution in [3.8, 4) is 6.07 Å². The van der Waals surface area contributed by atoms with Gasteiger partial charge >= 0.3 is 0 Å². The van der Waals surface area contributed by atoms with Gasteiger partial charge in [-0.25, -0.2) is 0 Å². The molecule has 0 radical (unpaired) electrons. The summed E-state index contributed by atoms with van der Waals surface area (Å²) in [6.07, 6.45) is 3.90. The number of nitriles is 1. The molecule has 4 rings (SSSR count). The second kappa shape index (κ2) is 6.16. The number of allylic oxidation sites excluding steroid dienone is 1. The van der Waals surface area contributed by atoms with Crippen LogP contribution in [0.5, 0.6) is 0 Å². The van der Waals surface area contributed by atoms with Gasteiger partial charge in [-0.3, -0.25) is 9.90 Å². The maximum atomic E-state index is 9.34. The molecule has 0 aromatic heterocycles. The molecule has 0 bridgehead atoms. The van der Waals surface area contributed by atoms with Crippen LogP contribution in [-0.2, 0) is 11.4 Å². The van der Waals surface area contributed by atoms with Crippen LogP contribution in [0.1, 0.15) is 16.5 Å². The Morgan fingerprint density at radius 1 is 1.17 bits per heavy atom. The van der Waals surface area contributed by atoms with E-state index in [0.717, 1.165) is 27.1 Å². The quantitative estimate of drug-likeness (QED) is 0.810. The van der Waals surface area contributed by atoms with Crippen LogP contribution in [0.4, 0.5) is 0 Å². The zero-order chi connectivity index (χ0) is 16.5. The van der Waals surface area contributed by atoms with E-state index in [-0.39, 0.29) is 5.38 Å². The summed E-state index contributed by atoms with van der Waals surface area (Å²) < 4.78 is 0. The van der Waals surface area contributed by atoms with Gasteiger partial charge < -0.3 is 0 Å². The van der Waals surface area contributed by atoms with Gasteiger partial charge in [0, 0.05) is 11.4 Å². The third kappa shape index (κ3) is 2.60. The largest absolute Gasteiger partial charge is 0.269 e. The molecule has 1 heterocycles. The molecule has 0 spiro atoms. The van der Waals surface area contributed by atoms with Gasteiger partial charge in [0.25, 0.3) is 0 Å². The number of hydroxylamine groups is 2. The van der Waals surface area contributed by atoms with E-state index >= 15 is 0 Å². The van der Waals surface area contributed by atoms with Gasteiger partial charge in [-0.1, -0.05) is 48.5 Å². The van der Waals surface area contributed by atoms with Crippen LogP contribution < -0.4 is 10.4 Å². The van der Waals surface area contributed by atoms with E-state index in [1.54, 1.807) is 0 Å². The van der Waals surface area contributed by atoms with Gasteiger partial charge in [-0.2, -0.15) is 5.26 Å². The number of alkyl halides is 1. The fourth-order valence-corrected chi connectivity index (χ4v) is 3.47. The zero-order valence-electron chi connectivity index (χ0n) is 12.9. The SMILES string of the molecule is N#CC1=CC2=c3c(cccc3=CN(OCc3ccccc3)C2)C1Cl. The minimum Gasteiger partial charge on any atom is -0.269 e. The minimum atomic E-state index is -0.376. The summed E-state index contributed by atoms with van der Waals surface area (Å²) in [5, 5.41) is 13.0. The first-order valence-electron chi connectivity index (χ1n) is 7.79. The van der Waals surface area contributed by atoms with Crippen LogP contribution in [0.3, 0.4) is 0 Å². The minimum absolute atomic E-state index is 0.376. The highest BCUT2D eigenvalue weighted by Crippen LogP contribution is 2.30. The topological polar surface area (TPSA) is 36.3 Å². The lowest BCUT2D eigenvalue weighted by Gasteiger charge is -2.27. The summed E-state index contributed by atoms with van der Waals surface area (Å²) >= 11 is 6.45. The van der Waals surface area contributed by atoms with Gasteiger partial charge in [0.1, 0.15) is 0 Å². The fraction of sp³-hybridized carbons (Fsp3) is 0.150. The van der Waals surface area contributed by atoms with Crippen molar-refractivity contribution in [2.75, 3.05) is 6.54 Å². The normalized spacial score (nSPS) is 18.3. The van der Waals surface area contributed by atoms with Gasteiger partial charge in [0.2, 0.25) is 0 Å². The molecular formula is C20H15ClN2O. The fourth-order valence-electron chi connectivity index (χ4n) is 3.18. The van der Waals surface area contributed by atoms with Gasteiger partial charge in [-0.05, 0) is 28.0 Å². The van der Waals surface area contributed by atoms with Crippen molar-refractivity contribution in [3.63, 3.8) is 0 Å². The lowest BCUT2D eigenvalue weighted by molar-refractivity contribution is -0.107. The lowest BCUT2D eigenvalue weighted by atomic mass is 9.91. The Morgan fingerprint density at radius 3 is 2.79 bits per heavy atom. The first-order chi connectivity index (χ1) is 11.8. The Bertz CT molecular complexity index is 973. The first-order valence-corrected chi connectivity index (χ1v) is 8.23. The van der Waals surface area contributed by atoms with Crippen molar-refractivity contribution in [1.82, 2.24) is 5.06 Å². The number of nitrogens with zero attached hydrogens (tertiary/aromatic N) is 2. The van der Waals surface area contributed by atoms with E-state index in [1.807, 2.05) is 65.9 Å².